The molecule has 3 N–H and O–H groups in total. The van der Waals surface area contributed by atoms with E-state index < -0.39 is 0 Å². The molecule has 1 atom stereocenters. The third kappa shape index (κ3) is 6.17. The molecule has 1 rings (SSSR count). The third-order valence-electron chi connectivity index (χ3n) is 4.10. The summed E-state index contributed by atoms with van der Waals surface area (Å²) in [5.41, 5.74) is 3.00. The zero-order valence-electron chi connectivity index (χ0n) is 12.3. The average Bonchev–Trinajstić information content (AvgIpc) is 2.34. The van der Waals surface area contributed by atoms with Gasteiger partial charge in [0.15, 0.2) is 0 Å². The van der Waals surface area contributed by atoms with Crippen molar-refractivity contribution in [2.75, 3.05) is 6.61 Å². The quantitative estimate of drug-likeness (QED) is 0.338. The van der Waals surface area contributed by atoms with Crippen LogP contribution < -0.4 is 11.3 Å². The molecule has 0 aromatic rings. The number of hydrazine groups is 1. The topological polar surface area (TPSA) is 47.3 Å². The zero-order valence-corrected chi connectivity index (χ0v) is 12.3. The van der Waals surface area contributed by atoms with Crippen LogP contribution in [0, 0.1) is 5.92 Å². The van der Waals surface area contributed by atoms with Gasteiger partial charge in [-0.1, -0.05) is 39.0 Å². The predicted octanol–water partition coefficient (Wildman–Crippen LogP) is 3.38. The molecule has 1 aliphatic rings. The van der Waals surface area contributed by atoms with Gasteiger partial charge in [0, 0.05) is 12.6 Å². The minimum atomic E-state index is 0.513. The van der Waals surface area contributed by atoms with Gasteiger partial charge in [0.25, 0.3) is 0 Å². The van der Waals surface area contributed by atoms with Crippen LogP contribution in [-0.4, -0.2) is 18.8 Å². The van der Waals surface area contributed by atoms with E-state index in [4.69, 9.17) is 10.6 Å². The Morgan fingerprint density at radius 2 is 1.89 bits per heavy atom. The summed E-state index contributed by atoms with van der Waals surface area (Å²) in [5, 5.41) is 0. The van der Waals surface area contributed by atoms with Crippen molar-refractivity contribution >= 4 is 0 Å². The second-order valence-corrected chi connectivity index (χ2v) is 5.72. The molecular weight excluding hydrogens is 224 g/mol. The van der Waals surface area contributed by atoms with E-state index in [2.05, 4.69) is 19.3 Å². The van der Waals surface area contributed by atoms with E-state index in [-0.39, 0.29) is 0 Å². The first kappa shape index (κ1) is 15.9. The number of unbranched alkanes of at least 4 members (excludes halogenated alkanes) is 4. The number of hydrogen-bond acceptors (Lipinski definition) is 3. The molecular formula is C15H32N2O. The first-order chi connectivity index (χ1) is 8.80. The van der Waals surface area contributed by atoms with Gasteiger partial charge in [-0.3, -0.25) is 11.3 Å². The molecule has 18 heavy (non-hydrogen) atoms. The Balaban J connectivity index is 2.00. The SMILES string of the molecule is CCCCCCCC(CC1CC(OCC)C1)NN. The third-order valence-corrected chi connectivity index (χ3v) is 4.10. The largest absolute Gasteiger partial charge is 0.378 e. The summed E-state index contributed by atoms with van der Waals surface area (Å²) in [7, 11) is 0. The van der Waals surface area contributed by atoms with Crippen LogP contribution in [0.5, 0.6) is 0 Å². The highest BCUT2D eigenvalue weighted by atomic mass is 16.5. The molecule has 108 valence electrons. The lowest BCUT2D eigenvalue weighted by atomic mass is 9.77. The molecule has 0 heterocycles. The van der Waals surface area contributed by atoms with Crippen LogP contribution in [0.25, 0.3) is 0 Å². The van der Waals surface area contributed by atoms with Gasteiger partial charge in [-0.15, -0.1) is 0 Å². The van der Waals surface area contributed by atoms with Crippen LogP contribution >= 0.6 is 0 Å². The van der Waals surface area contributed by atoms with Crippen molar-refractivity contribution in [2.24, 2.45) is 11.8 Å². The summed E-state index contributed by atoms with van der Waals surface area (Å²) < 4.78 is 5.60. The summed E-state index contributed by atoms with van der Waals surface area (Å²) in [6.07, 6.45) is 12.2. The fourth-order valence-corrected chi connectivity index (χ4v) is 2.90. The minimum absolute atomic E-state index is 0.513. The van der Waals surface area contributed by atoms with Gasteiger partial charge in [-0.05, 0) is 38.5 Å². The maximum absolute atomic E-state index is 5.65. The van der Waals surface area contributed by atoms with E-state index >= 15 is 0 Å². The maximum Gasteiger partial charge on any atom is 0.0580 e. The molecule has 0 saturated heterocycles. The van der Waals surface area contributed by atoms with Gasteiger partial charge in [0.1, 0.15) is 0 Å². The van der Waals surface area contributed by atoms with Crippen LogP contribution in [-0.2, 0) is 4.74 Å². The standard InChI is InChI=1S/C15H32N2O/c1-3-5-6-7-8-9-14(17-16)10-13-11-15(12-13)18-4-2/h13-15,17H,3-12,16H2,1-2H3. The molecule has 1 saturated carbocycles. The molecule has 0 radical (unpaired) electrons. The molecule has 0 aromatic heterocycles. The van der Waals surface area contributed by atoms with Crippen LogP contribution in [0.2, 0.25) is 0 Å². The van der Waals surface area contributed by atoms with Crippen LogP contribution in [0.4, 0.5) is 0 Å². The van der Waals surface area contributed by atoms with Crippen molar-refractivity contribution in [3.63, 3.8) is 0 Å². The van der Waals surface area contributed by atoms with Crippen molar-refractivity contribution in [3.05, 3.63) is 0 Å². The second kappa shape index (κ2) is 9.76. The smallest absolute Gasteiger partial charge is 0.0580 e. The molecule has 3 nitrogen and oxygen atoms in total. The second-order valence-electron chi connectivity index (χ2n) is 5.72. The highest BCUT2D eigenvalue weighted by molar-refractivity contribution is 4.83. The van der Waals surface area contributed by atoms with Gasteiger partial charge in [-0.2, -0.15) is 0 Å². The Labute approximate surface area is 113 Å². The first-order valence-electron chi connectivity index (χ1n) is 7.87. The first-order valence-corrected chi connectivity index (χ1v) is 7.87. The maximum atomic E-state index is 5.65. The lowest BCUT2D eigenvalue weighted by molar-refractivity contribution is -0.0293. The summed E-state index contributed by atoms with van der Waals surface area (Å²) in [5.74, 6) is 6.48. The van der Waals surface area contributed by atoms with Crippen molar-refractivity contribution in [1.29, 1.82) is 0 Å². The highest BCUT2D eigenvalue weighted by Crippen LogP contribution is 2.34. The Morgan fingerprint density at radius 1 is 1.17 bits per heavy atom. The van der Waals surface area contributed by atoms with Gasteiger partial charge in [0.05, 0.1) is 6.10 Å². The van der Waals surface area contributed by atoms with Gasteiger partial charge < -0.3 is 4.74 Å². The average molecular weight is 256 g/mol. The van der Waals surface area contributed by atoms with Crippen LogP contribution in [0.15, 0.2) is 0 Å². The van der Waals surface area contributed by atoms with E-state index in [1.54, 1.807) is 0 Å². The van der Waals surface area contributed by atoms with E-state index in [1.807, 2.05) is 0 Å². The number of rotatable bonds is 11. The molecule has 1 aliphatic carbocycles. The van der Waals surface area contributed by atoms with E-state index in [0.717, 1.165) is 12.5 Å². The number of nitrogens with one attached hydrogen (secondary N) is 1. The number of nitrogens with two attached hydrogens (primary N) is 1. The fraction of sp³-hybridized carbons (Fsp3) is 1.00. The molecule has 3 heteroatoms. The monoisotopic (exact) mass is 256 g/mol. The molecule has 1 fully saturated rings. The molecule has 0 aliphatic heterocycles. The predicted molar refractivity (Wildman–Crippen MR) is 77.2 cm³/mol. The molecule has 0 aromatic carbocycles. The summed E-state index contributed by atoms with van der Waals surface area (Å²) in [6, 6.07) is 0.513. The summed E-state index contributed by atoms with van der Waals surface area (Å²) in [4.78, 5) is 0. The van der Waals surface area contributed by atoms with Gasteiger partial charge >= 0.3 is 0 Å². The molecule has 0 bridgehead atoms. The van der Waals surface area contributed by atoms with E-state index in [0.29, 0.717) is 12.1 Å². The molecule has 1 unspecified atom stereocenters. The van der Waals surface area contributed by atoms with Crippen molar-refractivity contribution in [2.45, 2.75) is 83.8 Å². The van der Waals surface area contributed by atoms with Gasteiger partial charge in [0.2, 0.25) is 0 Å². The Hall–Kier alpha value is -0.120. The van der Waals surface area contributed by atoms with Crippen LogP contribution in [0.3, 0.4) is 0 Å². The Bertz CT molecular complexity index is 193. The van der Waals surface area contributed by atoms with E-state index in [1.165, 1.54) is 57.8 Å². The summed E-state index contributed by atoms with van der Waals surface area (Å²) in [6.45, 7) is 5.19. The Kier molecular flexibility index (Phi) is 8.64. The van der Waals surface area contributed by atoms with Crippen molar-refractivity contribution in [3.8, 4) is 0 Å². The van der Waals surface area contributed by atoms with Gasteiger partial charge in [-0.25, -0.2) is 0 Å². The molecule has 0 amide bonds. The van der Waals surface area contributed by atoms with E-state index in [9.17, 15) is 0 Å². The number of hydrogen-bond donors (Lipinski definition) is 2. The molecule has 0 spiro atoms. The Morgan fingerprint density at radius 3 is 2.50 bits per heavy atom. The van der Waals surface area contributed by atoms with Crippen molar-refractivity contribution in [1.82, 2.24) is 5.43 Å². The van der Waals surface area contributed by atoms with Crippen molar-refractivity contribution < 1.29 is 4.74 Å². The lowest BCUT2D eigenvalue weighted by Gasteiger charge is -2.37. The normalized spacial score (nSPS) is 24.8. The van der Waals surface area contributed by atoms with Crippen LogP contribution in [0.1, 0.15) is 71.6 Å². The fourth-order valence-electron chi connectivity index (χ4n) is 2.90. The number of ether oxygens (including phenoxy) is 1. The lowest BCUT2D eigenvalue weighted by Crippen LogP contribution is -2.41. The zero-order chi connectivity index (χ0) is 13.2. The highest BCUT2D eigenvalue weighted by Gasteiger charge is 2.30. The summed E-state index contributed by atoms with van der Waals surface area (Å²) >= 11 is 0. The minimum Gasteiger partial charge on any atom is -0.378 e.